The van der Waals surface area contributed by atoms with Crippen molar-refractivity contribution in [2.45, 2.75) is 154 Å². The van der Waals surface area contributed by atoms with E-state index in [1.165, 1.54) is 0 Å². The summed E-state index contributed by atoms with van der Waals surface area (Å²) in [7, 11) is -4.65. The summed E-state index contributed by atoms with van der Waals surface area (Å²) in [6.07, 6.45) is -48.6. The average Bonchev–Trinajstić information content (AvgIpc) is 3.22. The lowest BCUT2D eigenvalue weighted by molar-refractivity contribution is -0.396. The molecule has 5 fully saturated rings. The van der Waals surface area contributed by atoms with E-state index in [1.54, 1.807) is 0 Å². The first-order valence-corrected chi connectivity index (χ1v) is 20.2. The highest BCUT2D eigenvalue weighted by molar-refractivity contribution is 7.43. The highest BCUT2D eigenvalue weighted by Gasteiger charge is 2.57. The van der Waals surface area contributed by atoms with E-state index in [1.807, 2.05) is 0 Å². The van der Waals surface area contributed by atoms with Gasteiger partial charge in [0.1, 0.15) is 122 Å². The van der Waals surface area contributed by atoms with Crippen LogP contribution in [-0.2, 0) is 56.5 Å². The van der Waals surface area contributed by atoms with Crippen LogP contribution in [0.4, 0.5) is 0 Å². The summed E-state index contributed by atoms with van der Waals surface area (Å²) in [5, 5.41) is 159. The summed E-state index contributed by atoms with van der Waals surface area (Å²) in [5.74, 6) is 0. The molecule has 0 unspecified atom stereocenters. The minimum atomic E-state index is -5.76. The highest BCUT2D eigenvalue weighted by Crippen LogP contribution is 2.37. The zero-order valence-corrected chi connectivity index (χ0v) is 32.7. The maximum absolute atomic E-state index is 11.5. The van der Waals surface area contributed by atoms with Crippen LogP contribution in [0.2, 0.25) is 0 Å². The SMILES string of the molecule is CO[C@H]1O[C@H](CO)[C@@H](O[C@@H]2O[C@H](COP(=O)([O-])[O-])[C@H](O)[C@H](O[C@@H]3O[C@H](CO)[C@H](O)[C@H](O[C@@H]4O[C@H](CO)[C@H](O)[C@H](O[C@@H]5O[C@H](CO)[C@H](O)[C@H](O)[C@H]5O)[C@H]4O)[C@H]3O)[C@H]2O)[C@H](O)[C@@H]1O. The molecule has 30 heteroatoms. The third kappa shape index (κ3) is 11.2. The molecule has 61 heavy (non-hydrogen) atoms. The van der Waals surface area contributed by atoms with Gasteiger partial charge in [-0.25, -0.2) is 0 Å². The first kappa shape index (κ1) is 51.1. The van der Waals surface area contributed by atoms with Gasteiger partial charge in [-0.05, 0) is 0 Å². The molecule has 0 aromatic heterocycles. The van der Waals surface area contributed by atoms with Crippen LogP contribution in [0.3, 0.4) is 0 Å². The lowest BCUT2D eigenvalue weighted by Crippen LogP contribution is -2.68. The van der Waals surface area contributed by atoms with Crippen LogP contribution in [-0.4, -0.2) is 270 Å². The summed E-state index contributed by atoms with van der Waals surface area (Å²) >= 11 is 0. The molecule has 0 saturated carbocycles. The molecule has 0 amide bonds. The molecular weight excluding hydrogens is 867 g/mol. The predicted molar refractivity (Wildman–Crippen MR) is 178 cm³/mol. The zero-order valence-electron chi connectivity index (χ0n) is 31.8. The molecule has 0 aromatic rings. The fourth-order valence-corrected chi connectivity index (χ4v) is 7.67. The van der Waals surface area contributed by atoms with Crippen LogP contribution in [0.5, 0.6) is 0 Å². The standard InChI is InChI=1S/C31H55O29P/c1-50-27-19(43)17(41)23(10(5-35)55-27)57-31-22(46)26(15(39)11(56-31)6-51-61(47,48)49)60-30-21(45)25(14(38)9(4-34)54-30)59-29-20(44)24(13(37)8(3-33)53-29)58-28-18(42)16(40)12(36)7(2-32)52-28/h7-46H,2-6H2,1H3,(H2,47,48,49)/p-2/t7-,8-,9-,10-,11-,12+,13+,14+,15+,16+,17-,18-,19+,20-,21-,22-,23-,24+,25+,26+,27+,28+,29+,30+,31+/m1/s1. The minimum absolute atomic E-state index is 0.877. The van der Waals surface area contributed by atoms with Crippen molar-refractivity contribution in [2.24, 2.45) is 0 Å². The maximum atomic E-state index is 11.5. The molecule has 29 nitrogen and oxygen atoms in total. The third-order valence-electron chi connectivity index (χ3n) is 10.7. The number of hydrogen-bond donors (Lipinski definition) is 15. The van der Waals surface area contributed by atoms with Crippen molar-refractivity contribution in [3.63, 3.8) is 0 Å². The van der Waals surface area contributed by atoms with Crippen LogP contribution in [0.1, 0.15) is 0 Å². The molecule has 358 valence electrons. The number of hydrogen-bond acceptors (Lipinski definition) is 29. The fourth-order valence-electron chi connectivity index (χ4n) is 7.35. The summed E-state index contributed by atoms with van der Waals surface area (Å²) in [6, 6.07) is 0. The molecule has 5 heterocycles. The van der Waals surface area contributed by atoms with Gasteiger partial charge in [-0.2, -0.15) is 0 Å². The molecule has 0 aromatic carbocycles. The monoisotopic (exact) mass is 920 g/mol. The number of aliphatic hydroxyl groups excluding tert-OH is 15. The van der Waals surface area contributed by atoms with Gasteiger partial charge in [-0.1, -0.05) is 0 Å². The first-order valence-electron chi connectivity index (χ1n) is 18.7. The largest absolute Gasteiger partial charge is 0.790 e. The van der Waals surface area contributed by atoms with Gasteiger partial charge in [-0.15, -0.1) is 0 Å². The van der Waals surface area contributed by atoms with Gasteiger partial charge in [0.15, 0.2) is 31.5 Å². The number of phosphoric ester groups is 1. The Bertz CT molecular complexity index is 1400. The Morgan fingerprint density at radius 3 is 1.13 bits per heavy atom. The number of methoxy groups -OCH3 is 1. The van der Waals surface area contributed by atoms with E-state index < -0.39 is 194 Å². The van der Waals surface area contributed by atoms with Gasteiger partial charge >= 0.3 is 0 Å². The smallest absolute Gasteiger partial charge is 0.187 e. The van der Waals surface area contributed by atoms with E-state index in [0.717, 1.165) is 7.11 Å². The lowest BCUT2D eigenvalue weighted by Gasteiger charge is -2.50. The molecule has 0 aliphatic carbocycles. The predicted octanol–water partition coefficient (Wildman–Crippen LogP) is -12.4. The second-order valence-corrected chi connectivity index (χ2v) is 15.9. The van der Waals surface area contributed by atoms with E-state index in [0.29, 0.717) is 0 Å². The Balaban J connectivity index is 1.37. The van der Waals surface area contributed by atoms with Crippen molar-refractivity contribution < 1.29 is 143 Å². The number of aliphatic hydroxyl groups is 15. The van der Waals surface area contributed by atoms with Gasteiger partial charge in [0.2, 0.25) is 0 Å². The quantitative estimate of drug-likeness (QED) is 0.0639. The molecule has 25 atom stereocenters. The van der Waals surface area contributed by atoms with Crippen molar-refractivity contribution >= 4 is 7.82 Å². The topological polar surface area (TPSA) is 468 Å². The molecule has 5 aliphatic rings. The van der Waals surface area contributed by atoms with E-state index in [4.69, 9.17) is 47.4 Å². The van der Waals surface area contributed by atoms with Crippen molar-refractivity contribution in [3.05, 3.63) is 0 Å². The van der Waals surface area contributed by atoms with Gasteiger partial charge < -0.3 is 143 Å². The lowest BCUT2D eigenvalue weighted by atomic mass is 9.95. The van der Waals surface area contributed by atoms with Gasteiger partial charge in [-0.3, -0.25) is 0 Å². The molecule has 0 bridgehead atoms. The fraction of sp³-hybridized carbons (Fsp3) is 1.00. The van der Waals surface area contributed by atoms with Crippen molar-refractivity contribution in [1.82, 2.24) is 0 Å². The summed E-state index contributed by atoms with van der Waals surface area (Å²) in [6.45, 7) is -5.06. The van der Waals surface area contributed by atoms with Gasteiger partial charge in [0.05, 0.1) is 40.9 Å². The molecule has 5 aliphatic heterocycles. The summed E-state index contributed by atoms with van der Waals surface area (Å²) < 4.78 is 70.1. The van der Waals surface area contributed by atoms with Crippen LogP contribution < -0.4 is 9.79 Å². The van der Waals surface area contributed by atoms with Crippen molar-refractivity contribution in [2.75, 3.05) is 40.1 Å². The molecule has 0 radical (unpaired) electrons. The normalized spacial score (nSPS) is 50.1. The minimum Gasteiger partial charge on any atom is -0.790 e. The first-order chi connectivity index (χ1) is 28.7. The van der Waals surface area contributed by atoms with Gasteiger partial charge in [0, 0.05) is 7.11 Å². The second-order valence-electron chi connectivity index (χ2n) is 14.7. The van der Waals surface area contributed by atoms with E-state index in [2.05, 4.69) is 4.52 Å². The molecular formula is C31H53O29P-2. The summed E-state index contributed by atoms with van der Waals surface area (Å²) in [5.41, 5.74) is 0. The summed E-state index contributed by atoms with van der Waals surface area (Å²) in [4.78, 5) is 22.7. The Labute approximate surface area is 344 Å². The number of rotatable bonds is 16. The van der Waals surface area contributed by atoms with E-state index in [9.17, 15) is 90.9 Å². The van der Waals surface area contributed by atoms with Gasteiger partial charge in [0.25, 0.3) is 0 Å². The van der Waals surface area contributed by atoms with Crippen molar-refractivity contribution in [3.8, 4) is 0 Å². The Morgan fingerprint density at radius 1 is 0.410 bits per heavy atom. The number of phosphoric acid groups is 1. The molecule has 15 N–H and O–H groups in total. The Kier molecular flexibility index (Phi) is 18.1. The Morgan fingerprint density at radius 2 is 0.738 bits per heavy atom. The second kappa shape index (κ2) is 21.6. The Hall–Kier alpha value is -0.890. The number of ether oxygens (including phenoxy) is 10. The van der Waals surface area contributed by atoms with E-state index in [-0.39, 0.29) is 0 Å². The zero-order chi connectivity index (χ0) is 45.2. The molecule has 5 saturated heterocycles. The van der Waals surface area contributed by atoms with Crippen molar-refractivity contribution in [1.29, 1.82) is 0 Å². The van der Waals surface area contributed by atoms with Crippen LogP contribution in [0.15, 0.2) is 0 Å². The van der Waals surface area contributed by atoms with Crippen LogP contribution in [0.25, 0.3) is 0 Å². The van der Waals surface area contributed by atoms with E-state index >= 15 is 0 Å². The van der Waals surface area contributed by atoms with Crippen LogP contribution in [0, 0.1) is 0 Å². The maximum Gasteiger partial charge on any atom is 0.187 e. The molecule has 5 rings (SSSR count). The average molecular weight is 921 g/mol. The van der Waals surface area contributed by atoms with Crippen LogP contribution >= 0.6 is 7.82 Å². The third-order valence-corrected chi connectivity index (χ3v) is 11.2. The molecule has 0 spiro atoms. The highest BCUT2D eigenvalue weighted by atomic mass is 31.2.